The fourth-order valence-corrected chi connectivity index (χ4v) is 1.90. The number of pyridine rings is 1. The van der Waals surface area contributed by atoms with Crippen LogP contribution in [0.25, 0.3) is 22.2 Å². The molecule has 0 radical (unpaired) electrons. The van der Waals surface area contributed by atoms with E-state index in [1.165, 1.54) is 0 Å². The number of hydrogen-bond acceptors (Lipinski definition) is 2. The van der Waals surface area contributed by atoms with E-state index in [1.54, 1.807) is 12.1 Å². The van der Waals surface area contributed by atoms with Gasteiger partial charge in [-0.1, -0.05) is 54.3 Å². The monoisotopic (exact) mass is 220 g/mol. The summed E-state index contributed by atoms with van der Waals surface area (Å²) in [6.45, 7) is 0. The van der Waals surface area contributed by atoms with Gasteiger partial charge in [0.05, 0.1) is 11.2 Å². The molecule has 2 aromatic carbocycles. The zero-order chi connectivity index (χ0) is 11.7. The second-order valence-electron chi connectivity index (χ2n) is 3.89. The Bertz CT molecular complexity index is 662. The number of nitrogens with zero attached hydrogens (tertiary/aromatic N) is 1. The fraction of sp³-hybridized carbons (Fsp3) is 0. The molecule has 0 atom stereocenters. The first kappa shape index (κ1) is 9.85. The molecule has 2 nitrogen and oxygen atoms in total. The topological polar surface area (TPSA) is 36.0 Å². The van der Waals surface area contributed by atoms with Gasteiger partial charge < -0.3 is 5.11 Å². The van der Waals surface area contributed by atoms with Gasteiger partial charge in [-0.25, -0.2) is 4.98 Å². The van der Waals surface area contributed by atoms with E-state index in [0.29, 0.717) is 5.39 Å². The second kappa shape index (κ2) is 3.91. The Morgan fingerprint density at radius 3 is 2.35 bits per heavy atom. The number of hydrogen-bond donors (Lipinski definition) is 0. The molecule has 0 N–H and O–H groups in total. The third-order valence-electron chi connectivity index (χ3n) is 2.75. The number of benzene rings is 2. The van der Waals surface area contributed by atoms with Crippen molar-refractivity contribution in [2.75, 3.05) is 0 Å². The van der Waals surface area contributed by atoms with Gasteiger partial charge in [-0.2, -0.15) is 0 Å². The molecule has 3 aromatic rings. The van der Waals surface area contributed by atoms with Gasteiger partial charge in [-0.15, -0.1) is 0 Å². The molecule has 1 aromatic heterocycles. The van der Waals surface area contributed by atoms with Crippen LogP contribution in [0.1, 0.15) is 0 Å². The summed E-state index contributed by atoms with van der Waals surface area (Å²) in [7, 11) is 0. The highest BCUT2D eigenvalue weighted by Crippen LogP contribution is 2.26. The Morgan fingerprint density at radius 2 is 1.53 bits per heavy atom. The second-order valence-corrected chi connectivity index (χ2v) is 3.89. The van der Waals surface area contributed by atoms with Crippen molar-refractivity contribution < 1.29 is 5.11 Å². The summed E-state index contributed by atoms with van der Waals surface area (Å²) in [5.74, 6) is 0.0226. The van der Waals surface area contributed by atoms with Gasteiger partial charge in [0, 0.05) is 5.56 Å². The van der Waals surface area contributed by atoms with Crippen LogP contribution in [-0.2, 0) is 0 Å². The van der Waals surface area contributed by atoms with Gasteiger partial charge in [0.2, 0.25) is 0 Å². The maximum absolute atomic E-state index is 11.9. The van der Waals surface area contributed by atoms with Crippen LogP contribution in [0.3, 0.4) is 0 Å². The molecule has 17 heavy (non-hydrogen) atoms. The average Bonchev–Trinajstić information content (AvgIpc) is 2.40. The van der Waals surface area contributed by atoms with E-state index in [9.17, 15) is 5.11 Å². The van der Waals surface area contributed by atoms with Crippen molar-refractivity contribution in [3.8, 4) is 17.0 Å². The van der Waals surface area contributed by atoms with Crippen LogP contribution in [0.15, 0.2) is 60.7 Å². The van der Waals surface area contributed by atoms with Gasteiger partial charge in [-0.05, 0) is 17.5 Å². The molecule has 0 amide bonds. The number of rotatable bonds is 1. The van der Waals surface area contributed by atoms with Crippen molar-refractivity contribution in [1.82, 2.24) is 4.98 Å². The van der Waals surface area contributed by atoms with Crippen molar-refractivity contribution >= 4 is 10.9 Å². The first-order valence-corrected chi connectivity index (χ1v) is 5.47. The molecular weight excluding hydrogens is 210 g/mol. The molecule has 3 rings (SSSR count). The Balaban J connectivity index is 2.26. The summed E-state index contributed by atoms with van der Waals surface area (Å²) in [4.78, 5) is 4.51. The smallest absolute Gasteiger partial charge is 0.0703 e. The highest BCUT2D eigenvalue weighted by atomic mass is 16.3. The van der Waals surface area contributed by atoms with Crippen molar-refractivity contribution in [2.24, 2.45) is 0 Å². The van der Waals surface area contributed by atoms with Gasteiger partial charge in [0.15, 0.2) is 0 Å². The molecule has 82 valence electrons. The van der Waals surface area contributed by atoms with Crippen LogP contribution < -0.4 is 5.11 Å². The lowest BCUT2D eigenvalue weighted by Gasteiger charge is -2.12. The van der Waals surface area contributed by atoms with Crippen molar-refractivity contribution in [1.29, 1.82) is 0 Å². The Hall–Kier alpha value is -2.35. The quantitative estimate of drug-likeness (QED) is 0.632. The van der Waals surface area contributed by atoms with Gasteiger partial charge in [0.1, 0.15) is 0 Å². The van der Waals surface area contributed by atoms with E-state index in [4.69, 9.17) is 0 Å². The summed E-state index contributed by atoms with van der Waals surface area (Å²) in [6.07, 6.45) is 0. The lowest BCUT2D eigenvalue weighted by molar-refractivity contribution is -0.265. The van der Waals surface area contributed by atoms with E-state index < -0.39 is 0 Å². The highest BCUT2D eigenvalue weighted by Gasteiger charge is 2.01. The molecule has 2 heteroatoms. The van der Waals surface area contributed by atoms with Gasteiger partial charge in [0.25, 0.3) is 0 Å². The molecule has 0 spiro atoms. The minimum atomic E-state index is 0.0226. The van der Waals surface area contributed by atoms with Gasteiger partial charge >= 0.3 is 0 Å². The van der Waals surface area contributed by atoms with Crippen LogP contribution >= 0.6 is 0 Å². The zero-order valence-electron chi connectivity index (χ0n) is 9.13. The van der Waals surface area contributed by atoms with E-state index >= 15 is 0 Å². The van der Waals surface area contributed by atoms with Crippen molar-refractivity contribution in [3.63, 3.8) is 0 Å². The Kier molecular flexibility index (Phi) is 2.26. The minimum absolute atomic E-state index is 0.0226. The SMILES string of the molecule is [O-]c1cc(-c2ccccc2)nc2ccccc12. The minimum Gasteiger partial charge on any atom is -0.872 e. The van der Waals surface area contributed by atoms with E-state index in [1.807, 2.05) is 48.5 Å². The third kappa shape index (κ3) is 1.74. The van der Waals surface area contributed by atoms with Crippen LogP contribution in [0, 0.1) is 0 Å². The molecular formula is C15H10NO-. The lowest BCUT2D eigenvalue weighted by Crippen LogP contribution is -1.94. The maximum Gasteiger partial charge on any atom is 0.0703 e. The Morgan fingerprint density at radius 1 is 0.824 bits per heavy atom. The standard InChI is InChI=1S/C15H11NO/c17-15-10-14(11-6-2-1-3-7-11)16-13-9-5-4-8-12(13)15/h1-10H,(H,16,17)/p-1. The number of para-hydroxylation sites is 1. The molecule has 0 aliphatic carbocycles. The molecule has 0 saturated carbocycles. The molecule has 0 aliphatic heterocycles. The van der Waals surface area contributed by atoms with Gasteiger partial charge in [-0.3, -0.25) is 0 Å². The first-order valence-electron chi connectivity index (χ1n) is 5.47. The average molecular weight is 220 g/mol. The maximum atomic E-state index is 11.9. The predicted molar refractivity (Wildman–Crippen MR) is 66.6 cm³/mol. The number of aromatic nitrogens is 1. The highest BCUT2D eigenvalue weighted by molar-refractivity contribution is 5.87. The van der Waals surface area contributed by atoms with E-state index in [-0.39, 0.29) is 5.75 Å². The normalized spacial score (nSPS) is 10.6. The summed E-state index contributed by atoms with van der Waals surface area (Å²) < 4.78 is 0. The largest absolute Gasteiger partial charge is 0.872 e. The summed E-state index contributed by atoms with van der Waals surface area (Å²) >= 11 is 0. The summed E-state index contributed by atoms with van der Waals surface area (Å²) in [6, 6.07) is 18.8. The Labute approximate surface area is 99.2 Å². The van der Waals surface area contributed by atoms with Crippen molar-refractivity contribution in [2.45, 2.75) is 0 Å². The molecule has 0 fully saturated rings. The van der Waals surface area contributed by atoms with Crippen molar-refractivity contribution in [3.05, 3.63) is 60.7 Å². The molecule has 1 heterocycles. The summed E-state index contributed by atoms with van der Waals surface area (Å²) in [5.41, 5.74) is 2.45. The first-order chi connectivity index (χ1) is 8.34. The van der Waals surface area contributed by atoms with E-state index in [2.05, 4.69) is 4.98 Å². The third-order valence-corrected chi connectivity index (χ3v) is 2.75. The lowest BCUT2D eigenvalue weighted by atomic mass is 10.1. The van der Waals surface area contributed by atoms with Crippen LogP contribution in [0.2, 0.25) is 0 Å². The molecule has 0 aliphatic rings. The molecule has 0 bridgehead atoms. The molecule has 0 unspecified atom stereocenters. The fourth-order valence-electron chi connectivity index (χ4n) is 1.90. The van der Waals surface area contributed by atoms with Crippen LogP contribution in [0.5, 0.6) is 5.75 Å². The van der Waals surface area contributed by atoms with Crippen LogP contribution in [0.4, 0.5) is 0 Å². The zero-order valence-corrected chi connectivity index (χ0v) is 9.13. The molecule has 0 saturated heterocycles. The predicted octanol–water partition coefficient (Wildman–Crippen LogP) is 2.98. The van der Waals surface area contributed by atoms with E-state index in [0.717, 1.165) is 16.8 Å². The summed E-state index contributed by atoms with van der Waals surface area (Å²) in [5, 5.41) is 12.6. The van der Waals surface area contributed by atoms with Crippen LogP contribution in [-0.4, -0.2) is 4.98 Å². The number of fused-ring (bicyclic) bond motifs is 1.